The van der Waals surface area contributed by atoms with E-state index in [1.165, 1.54) is 11.1 Å². The van der Waals surface area contributed by atoms with E-state index in [1.54, 1.807) is 5.57 Å². The Balaban J connectivity index is 1.73. The highest BCUT2D eigenvalue weighted by molar-refractivity contribution is 5.71. The molecule has 4 nitrogen and oxygen atoms in total. The van der Waals surface area contributed by atoms with Gasteiger partial charge in [0.2, 0.25) is 0 Å². The zero-order valence-electron chi connectivity index (χ0n) is 22.6. The summed E-state index contributed by atoms with van der Waals surface area (Å²) in [4.78, 5) is 12.5. The molecule has 0 aromatic heterocycles. The first kappa shape index (κ1) is 25.9. The van der Waals surface area contributed by atoms with Gasteiger partial charge in [-0.25, -0.2) is 0 Å². The van der Waals surface area contributed by atoms with Crippen LogP contribution in [0, 0.1) is 39.4 Å². The first-order valence-corrected chi connectivity index (χ1v) is 13.7. The number of carboxylic acid groups (broad SMARTS) is 1. The molecule has 2 fully saturated rings. The number of aliphatic hydroxyl groups is 2. The SMILES string of the molecule is CC(C)=CCC[C@@H](C(=O)O)[C@H]1[C@H](O)C[C@@]2(C)C3=C(CC[C@]12C)[C@@]1(C)CC[C@H](O)C(C)(C)C1CC3. The summed E-state index contributed by atoms with van der Waals surface area (Å²) in [5.74, 6) is -1.02. The molecule has 34 heavy (non-hydrogen) atoms. The summed E-state index contributed by atoms with van der Waals surface area (Å²) in [5.41, 5.74) is 3.96. The largest absolute Gasteiger partial charge is 0.481 e. The van der Waals surface area contributed by atoms with Crippen molar-refractivity contribution in [1.82, 2.24) is 0 Å². The van der Waals surface area contributed by atoms with Gasteiger partial charge in [0, 0.05) is 5.92 Å². The molecule has 0 aromatic carbocycles. The Morgan fingerprint density at radius 3 is 2.32 bits per heavy atom. The first-order chi connectivity index (χ1) is 15.7. The minimum absolute atomic E-state index is 0.0930. The second-order valence-corrected chi connectivity index (χ2v) is 13.7. The van der Waals surface area contributed by atoms with Crippen LogP contribution in [0.2, 0.25) is 0 Å². The van der Waals surface area contributed by atoms with Crippen LogP contribution in [0.4, 0.5) is 0 Å². The summed E-state index contributed by atoms with van der Waals surface area (Å²) < 4.78 is 0. The maximum absolute atomic E-state index is 12.5. The fourth-order valence-electron chi connectivity index (χ4n) is 9.50. The molecule has 4 heteroatoms. The molecule has 0 spiro atoms. The van der Waals surface area contributed by atoms with Gasteiger partial charge >= 0.3 is 5.97 Å². The van der Waals surface area contributed by atoms with Crippen LogP contribution in [-0.4, -0.2) is 33.5 Å². The van der Waals surface area contributed by atoms with E-state index in [9.17, 15) is 20.1 Å². The minimum Gasteiger partial charge on any atom is -0.481 e. The van der Waals surface area contributed by atoms with Crippen molar-refractivity contribution < 1.29 is 20.1 Å². The lowest BCUT2D eigenvalue weighted by Crippen LogP contribution is -2.55. The third-order valence-corrected chi connectivity index (χ3v) is 11.6. The molecule has 8 atom stereocenters. The summed E-state index contributed by atoms with van der Waals surface area (Å²) in [5, 5.41) is 32.5. The number of fused-ring (bicyclic) bond motifs is 4. The highest BCUT2D eigenvalue weighted by Gasteiger charge is 2.66. The minimum atomic E-state index is -0.754. The molecule has 0 aliphatic heterocycles. The smallest absolute Gasteiger partial charge is 0.306 e. The monoisotopic (exact) mass is 472 g/mol. The molecule has 0 bridgehead atoms. The maximum Gasteiger partial charge on any atom is 0.306 e. The van der Waals surface area contributed by atoms with Gasteiger partial charge in [0.15, 0.2) is 0 Å². The fraction of sp³-hybridized carbons (Fsp3) is 0.833. The van der Waals surface area contributed by atoms with Crippen molar-refractivity contribution in [2.45, 2.75) is 118 Å². The zero-order valence-corrected chi connectivity index (χ0v) is 22.6. The lowest BCUT2D eigenvalue weighted by molar-refractivity contribution is -0.149. The van der Waals surface area contributed by atoms with Crippen molar-refractivity contribution in [3.63, 3.8) is 0 Å². The molecule has 192 valence electrons. The number of carbonyl (C=O) groups is 1. The lowest BCUT2D eigenvalue weighted by Gasteiger charge is -2.62. The number of aliphatic hydroxyl groups excluding tert-OH is 2. The van der Waals surface area contributed by atoms with Crippen LogP contribution < -0.4 is 0 Å². The summed E-state index contributed by atoms with van der Waals surface area (Å²) >= 11 is 0. The van der Waals surface area contributed by atoms with Gasteiger partial charge in [-0.2, -0.15) is 0 Å². The Labute approximate surface area is 206 Å². The molecule has 4 aliphatic rings. The average molecular weight is 473 g/mol. The van der Waals surface area contributed by atoms with Crippen LogP contribution in [-0.2, 0) is 4.79 Å². The van der Waals surface area contributed by atoms with Crippen LogP contribution >= 0.6 is 0 Å². The second kappa shape index (κ2) is 8.47. The summed E-state index contributed by atoms with van der Waals surface area (Å²) in [6.07, 6.45) is 9.24. The normalized spacial score (nSPS) is 44.0. The van der Waals surface area contributed by atoms with Crippen LogP contribution in [0.25, 0.3) is 0 Å². The van der Waals surface area contributed by atoms with Gasteiger partial charge < -0.3 is 15.3 Å². The van der Waals surface area contributed by atoms with Gasteiger partial charge in [-0.3, -0.25) is 4.79 Å². The highest BCUT2D eigenvalue weighted by atomic mass is 16.4. The quantitative estimate of drug-likeness (QED) is 0.398. The Bertz CT molecular complexity index is 895. The number of hydrogen-bond donors (Lipinski definition) is 3. The van der Waals surface area contributed by atoms with Gasteiger partial charge in [0.05, 0.1) is 18.1 Å². The lowest BCUT2D eigenvalue weighted by atomic mass is 9.43. The number of hydrogen-bond acceptors (Lipinski definition) is 3. The Kier molecular flexibility index (Phi) is 6.47. The summed E-state index contributed by atoms with van der Waals surface area (Å²) in [7, 11) is 0. The Morgan fingerprint density at radius 1 is 1.03 bits per heavy atom. The summed E-state index contributed by atoms with van der Waals surface area (Å²) in [6.45, 7) is 15.7. The molecule has 0 heterocycles. The topological polar surface area (TPSA) is 77.8 Å². The zero-order chi connectivity index (χ0) is 25.3. The van der Waals surface area contributed by atoms with Crippen molar-refractivity contribution in [2.24, 2.45) is 39.4 Å². The number of aliphatic carboxylic acids is 1. The van der Waals surface area contributed by atoms with Gasteiger partial charge in [0.25, 0.3) is 0 Å². The molecule has 0 amide bonds. The van der Waals surface area contributed by atoms with E-state index in [0.717, 1.165) is 44.9 Å². The molecule has 0 saturated heterocycles. The van der Waals surface area contributed by atoms with E-state index in [2.05, 4.69) is 54.5 Å². The molecule has 0 radical (unpaired) electrons. The van der Waals surface area contributed by atoms with Crippen LogP contribution in [0.15, 0.2) is 22.8 Å². The number of carboxylic acids is 1. The molecular formula is C30H48O4. The third kappa shape index (κ3) is 3.57. The van der Waals surface area contributed by atoms with Crippen molar-refractivity contribution >= 4 is 5.97 Å². The van der Waals surface area contributed by atoms with E-state index < -0.39 is 18.0 Å². The van der Waals surface area contributed by atoms with Crippen LogP contribution in [0.5, 0.6) is 0 Å². The predicted octanol–water partition coefficient (Wildman–Crippen LogP) is 6.51. The van der Waals surface area contributed by atoms with E-state index in [4.69, 9.17) is 0 Å². The Hall–Kier alpha value is -1.13. The van der Waals surface area contributed by atoms with E-state index in [-0.39, 0.29) is 33.7 Å². The second-order valence-electron chi connectivity index (χ2n) is 13.7. The maximum atomic E-state index is 12.5. The van der Waals surface area contributed by atoms with Crippen LogP contribution in [0.3, 0.4) is 0 Å². The van der Waals surface area contributed by atoms with Gasteiger partial charge in [-0.15, -0.1) is 0 Å². The third-order valence-electron chi connectivity index (χ3n) is 11.6. The highest BCUT2D eigenvalue weighted by Crippen LogP contribution is 2.72. The molecular weight excluding hydrogens is 424 g/mol. The number of allylic oxidation sites excluding steroid dienone is 4. The van der Waals surface area contributed by atoms with Gasteiger partial charge in [0.1, 0.15) is 0 Å². The Morgan fingerprint density at radius 2 is 1.71 bits per heavy atom. The van der Waals surface area contributed by atoms with E-state index in [1.807, 2.05) is 0 Å². The molecule has 3 N–H and O–H groups in total. The fourth-order valence-corrected chi connectivity index (χ4v) is 9.50. The van der Waals surface area contributed by atoms with Crippen molar-refractivity contribution in [1.29, 1.82) is 0 Å². The summed E-state index contributed by atoms with van der Waals surface area (Å²) in [6, 6.07) is 0. The molecule has 1 unspecified atom stereocenters. The molecule has 2 saturated carbocycles. The average Bonchev–Trinajstić information content (AvgIpc) is 2.94. The predicted molar refractivity (Wildman–Crippen MR) is 136 cm³/mol. The van der Waals surface area contributed by atoms with Crippen LogP contribution in [0.1, 0.15) is 106 Å². The molecule has 4 rings (SSSR count). The van der Waals surface area contributed by atoms with E-state index >= 15 is 0 Å². The van der Waals surface area contributed by atoms with Crippen molar-refractivity contribution in [3.8, 4) is 0 Å². The standard InChI is InChI=1S/C30H48O4/c1-18(2)9-8-10-19(26(33)34)25-22(31)17-30(7)21-11-12-23-27(3,4)24(32)14-15-28(23,5)20(21)13-16-29(25,30)6/h9,19,22-25,31-32H,8,10-17H2,1-7H3,(H,33,34)/t19-,22-,23?,24+,25+,28-,29-,30+/m1/s1. The van der Waals surface area contributed by atoms with Crippen molar-refractivity contribution in [3.05, 3.63) is 22.8 Å². The molecule has 0 aromatic rings. The van der Waals surface area contributed by atoms with Gasteiger partial charge in [-0.05, 0) is 99.2 Å². The van der Waals surface area contributed by atoms with Gasteiger partial charge in [-0.1, -0.05) is 57.4 Å². The number of rotatable bonds is 5. The van der Waals surface area contributed by atoms with E-state index in [0.29, 0.717) is 18.8 Å². The molecule has 4 aliphatic carbocycles. The van der Waals surface area contributed by atoms with Crippen molar-refractivity contribution in [2.75, 3.05) is 0 Å². The first-order valence-electron chi connectivity index (χ1n) is 13.7.